The molecule has 0 saturated carbocycles. The van der Waals surface area contributed by atoms with E-state index >= 15 is 0 Å². The molecule has 0 spiro atoms. The van der Waals surface area contributed by atoms with Gasteiger partial charge >= 0.3 is 5.82 Å². The zero-order valence-corrected chi connectivity index (χ0v) is 12.9. The summed E-state index contributed by atoms with van der Waals surface area (Å²) in [4.78, 5) is 14.3. The van der Waals surface area contributed by atoms with Crippen molar-refractivity contribution in [3.63, 3.8) is 0 Å². The third-order valence-corrected chi connectivity index (χ3v) is 3.23. The minimum Gasteiger partial charge on any atom is -0.374 e. The van der Waals surface area contributed by atoms with Gasteiger partial charge in [0.25, 0.3) is 0 Å². The van der Waals surface area contributed by atoms with Gasteiger partial charge in [-0.05, 0) is 34.9 Å². The average Bonchev–Trinajstić information content (AvgIpc) is 2.85. The quantitative estimate of drug-likeness (QED) is 0.628. The highest BCUT2D eigenvalue weighted by Crippen LogP contribution is 2.22. The lowest BCUT2D eigenvalue weighted by atomic mass is 10.1. The Morgan fingerprint density at radius 2 is 2.05 bits per heavy atom. The number of hydrogen-bond donors (Lipinski definition) is 1. The van der Waals surface area contributed by atoms with Gasteiger partial charge in [0.15, 0.2) is 0 Å². The van der Waals surface area contributed by atoms with Crippen LogP contribution in [0.3, 0.4) is 0 Å². The Kier molecular flexibility index (Phi) is 5.11. The van der Waals surface area contributed by atoms with Gasteiger partial charge < -0.3 is 20.2 Å². The molecule has 0 aliphatic carbocycles. The van der Waals surface area contributed by atoms with Gasteiger partial charge in [-0.25, -0.2) is 0 Å². The monoisotopic (exact) mass is 304 g/mol. The number of anilines is 1. The Bertz CT molecular complexity index is 652. The van der Waals surface area contributed by atoms with Gasteiger partial charge in [-0.15, -0.1) is 0 Å². The fraction of sp³-hybridized carbons (Fsp3) is 0.400. The zero-order valence-electron chi connectivity index (χ0n) is 12.9. The standard InChI is InChI=1S/C15H20N4O3/c1-11(2)22-9-13-7-5-4-6-12(13)8-16-14-15(19(20)21)17-10-18(14)3/h4-7,10-11,16H,8-9H2,1-3H3. The summed E-state index contributed by atoms with van der Waals surface area (Å²) in [5.41, 5.74) is 2.10. The van der Waals surface area contributed by atoms with Gasteiger partial charge in [0.2, 0.25) is 12.1 Å². The summed E-state index contributed by atoms with van der Waals surface area (Å²) in [7, 11) is 1.72. The van der Waals surface area contributed by atoms with Gasteiger partial charge in [0.05, 0.1) is 12.7 Å². The number of ether oxygens (including phenoxy) is 1. The van der Waals surface area contributed by atoms with Crippen LogP contribution in [0.4, 0.5) is 11.6 Å². The Hall–Kier alpha value is -2.41. The van der Waals surface area contributed by atoms with E-state index in [4.69, 9.17) is 4.74 Å². The van der Waals surface area contributed by atoms with Gasteiger partial charge in [-0.3, -0.25) is 4.57 Å². The second kappa shape index (κ2) is 7.04. The molecule has 0 aliphatic rings. The van der Waals surface area contributed by atoms with Crippen molar-refractivity contribution >= 4 is 11.6 Å². The normalized spacial score (nSPS) is 10.9. The fourth-order valence-electron chi connectivity index (χ4n) is 2.06. The largest absolute Gasteiger partial charge is 0.406 e. The van der Waals surface area contributed by atoms with Crippen LogP contribution in [0.5, 0.6) is 0 Å². The summed E-state index contributed by atoms with van der Waals surface area (Å²) < 4.78 is 7.24. The van der Waals surface area contributed by atoms with Crippen molar-refractivity contribution < 1.29 is 9.66 Å². The molecule has 1 N–H and O–H groups in total. The summed E-state index contributed by atoms with van der Waals surface area (Å²) in [5.74, 6) is 0.225. The Labute approximate surface area is 129 Å². The lowest BCUT2D eigenvalue weighted by Crippen LogP contribution is -2.09. The van der Waals surface area contributed by atoms with Crippen molar-refractivity contribution in [2.45, 2.75) is 33.1 Å². The van der Waals surface area contributed by atoms with Crippen molar-refractivity contribution in [2.24, 2.45) is 7.05 Å². The maximum Gasteiger partial charge on any atom is 0.406 e. The van der Waals surface area contributed by atoms with E-state index in [2.05, 4.69) is 10.3 Å². The number of benzene rings is 1. The van der Waals surface area contributed by atoms with Crippen molar-refractivity contribution in [3.8, 4) is 0 Å². The lowest BCUT2D eigenvalue weighted by Gasteiger charge is -2.13. The van der Waals surface area contributed by atoms with E-state index in [1.165, 1.54) is 6.33 Å². The molecule has 118 valence electrons. The van der Waals surface area contributed by atoms with Crippen molar-refractivity contribution in [1.82, 2.24) is 9.55 Å². The van der Waals surface area contributed by atoms with Crippen LogP contribution in [-0.2, 0) is 24.9 Å². The van der Waals surface area contributed by atoms with Crippen LogP contribution < -0.4 is 5.32 Å². The molecule has 0 aliphatic heterocycles. The van der Waals surface area contributed by atoms with Crippen LogP contribution >= 0.6 is 0 Å². The second-order valence-electron chi connectivity index (χ2n) is 5.27. The highest BCUT2D eigenvalue weighted by molar-refractivity contribution is 5.52. The van der Waals surface area contributed by atoms with E-state index in [1.54, 1.807) is 11.6 Å². The molecule has 2 rings (SSSR count). The molecule has 0 bridgehead atoms. The number of rotatable bonds is 7. The second-order valence-corrected chi connectivity index (χ2v) is 5.27. The molecule has 0 fully saturated rings. The highest BCUT2D eigenvalue weighted by atomic mass is 16.6. The predicted octanol–water partition coefficient (Wildman–Crippen LogP) is 2.87. The first-order valence-corrected chi connectivity index (χ1v) is 7.07. The summed E-state index contributed by atoms with van der Waals surface area (Å²) in [6, 6.07) is 7.87. The third kappa shape index (κ3) is 3.82. The molecule has 2 aromatic rings. The fourth-order valence-corrected chi connectivity index (χ4v) is 2.06. The van der Waals surface area contributed by atoms with E-state index in [9.17, 15) is 10.1 Å². The molecular formula is C15H20N4O3. The molecule has 0 amide bonds. The Balaban J connectivity index is 2.12. The first kappa shape index (κ1) is 16.0. The number of hydrogen-bond acceptors (Lipinski definition) is 5. The van der Waals surface area contributed by atoms with Gasteiger partial charge in [0.1, 0.15) is 0 Å². The zero-order chi connectivity index (χ0) is 16.1. The smallest absolute Gasteiger partial charge is 0.374 e. The predicted molar refractivity (Wildman–Crippen MR) is 83.6 cm³/mol. The van der Waals surface area contributed by atoms with Gasteiger partial charge in [0, 0.05) is 13.6 Å². The van der Waals surface area contributed by atoms with Crippen molar-refractivity contribution in [1.29, 1.82) is 0 Å². The van der Waals surface area contributed by atoms with Crippen molar-refractivity contribution in [2.75, 3.05) is 5.32 Å². The molecule has 0 saturated heterocycles. The summed E-state index contributed by atoms with van der Waals surface area (Å²) in [6.45, 7) is 4.96. The molecule has 1 aromatic heterocycles. The van der Waals surface area contributed by atoms with E-state index in [-0.39, 0.29) is 11.9 Å². The van der Waals surface area contributed by atoms with E-state index in [1.807, 2.05) is 38.1 Å². The molecule has 22 heavy (non-hydrogen) atoms. The number of nitrogens with zero attached hydrogens (tertiary/aromatic N) is 3. The number of nitrogens with one attached hydrogen (secondary N) is 1. The van der Waals surface area contributed by atoms with E-state index in [0.29, 0.717) is 19.0 Å². The van der Waals surface area contributed by atoms with Crippen LogP contribution in [0.2, 0.25) is 0 Å². The van der Waals surface area contributed by atoms with Crippen LogP contribution in [-0.4, -0.2) is 20.6 Å². The van der Waals surface area contributed by atoms with E-state index < -0.39 is 4.92 Å². The minimum absolute atomic E-state index is 0.152. The summed E-state index contributed by atoms with van der Waals surface area (Å²) in [5, 5.41) is 14.1. The first-order chi connectivity index (χ1) is 10.5. The Morgan fingerprint density at radius 3 is 2.68 bits per heavy atom. The SMILES string of the molecule is CC(C)OCc1ccccc1CNc1c([N+](=O)[O-])ncn1C. The van der Waals surface area contributed by atoms with Crippen molar-refractivity contribution in [3.05, 3.63) is 51.8 Å². The molecule has 1 aromatic carbocycles. The van der Waals surface area contributed by atoms with E-state index in [0.717, 1.165) is 11.1 Å². The van der Waals surface area contributed by atoms with Crippen LogP contribution in [0.1, 0.15) is 25.0 Å². The lowest BCUT2D eigenvalue weighted by molar-refractivity contribution is -0.388. The number of imidazole rings is 1. The number of aryl methyl sites for hydroxylation is 1. The molecule has 0 atom stereocenters. The summed E-state index contributed by atoms with van der Waals surface area (Å²) in [6.07, 6.45) is 1.58. The maximum atomic E-state index is 11.0. The maximum absolute atomic E-state index is 11.0. The minimum atomic E-state index is -0.490. The molecule has 1 heterocycles. The summed E-state index contributed by atoms with van der Waals surface area (Å²) >= 11 is 0. The average molecular weight is 304 g/mol. The van der Waals surface area contributed by atoms with Crippen LogP contribution in [0, 0.1) is 10.1 Å². The van der Waals surface area contributed by atoms with Gasteiger partial charge in [-0.2, -0.15) is 0 Å². The molecule has 0 radical (unpaired) electrons. The van der Waals surface area contributed by atoms with Crippen LogP contribution in [0.25, 0.3) is 0 Å². The Morgan fingerprint density at radius 1 is 1.36 bits per heavy atom. The third-order valence-electron chi connectivity index (χ3n) is 3.23. The first-order valence-electron chi connectivity index (χ1n) is 7.07. The van der Waals surface area contributed by atoms with Crippen LogP contribution in [0.15, 0.2) is 30.6 Å². The molecule has 0 unspecified atom stereocenters. The highest BCUT2D eigenvalue weighted by Gasteiger charge is 2.19. The molecule has 7 nitrogen and oxygen atoms in total. The topological polar surface area (TPSA) is 82.2 Å². The van der Waals surface area contributed by atoms with Gasteiger partial charge in [-0.1, -0.05) is 24.3 Å². The number of aromatic nitrogens is 2. The molecular weight excluding hydrogens is 284 g/mol. The molecule has 7 heteroatoms. The number of nitro groups is 1.